The standard InChI is InChI=1S/C29H41N7O12/c1-15(2)25(36-26(44)17(30)8-9-23(40)41)28(46)35-18(11-24(42)43)27(45)33-13-21(38)31-12-20(37)32-14-22(39)34-19(29(47)48)10-16-6-4-3-5-7-16/h3-7,15,17-19,25H,8-14,30H2,1-2H3,(H,31,38)(H,32,37)(H,33,45)(H,34,39)(H,35,46)(H,36,44)(H,40,41)(H,42,43)(H,47,48)/t17-,18-,19-,25-/m0/s1. The maximum absolute atomic E-state index is 12.9. The molecule has 0 saturated heterocycles. The Labute approximate surface area is 274 Å². The van der Waals surface area contributed by atoms with E-state index in [-0.39, 0.29) is 12.8 Å². The monoisotopic (exact) mass is 679 g/mol. The summed E-state index contributed by atoms with van der Waals surface area (Å²) in [6.45, 7) is 1.14. The Morgan fingerprint density at radius 1 is 0.667 bits per heavy atom. The summed E-state index contributed by atoms with van der Waals surface area (Å²) in [6.07, 6.45) is -1.49. The molecule has 19 heteroatoms. The first kappa shape index (κ1) is 40.4. The van der Waals surface area contributed by atoms with Crippen molar-refractivity contribution in [3.8, 4) is 0 Å². The Bertz CT molecular complexity index is 1340. The average molecular weight is 680 g/mol. The van der Waals surface area contributed by atoms with Crippen LogP contribution in [-0.4, -0.2) is 112 Å². The van der Waals surface area contributed by atoms with E-state index in [1.807, 2.05) is 0 Å². The lowest BCUT2D eigenvalue weighted by atomic mass is 10.0. The van der Waals surface area contributed by atoms with Crippen LogP contribution in [0.2, 0.25) is 0 Å². The fourth-order valence-electron chi connectivity index (χ4n) is 3.92. The van der Waals surface area contributed by atoms with Crippen molar-refractivity contribution in [2.45, 2.75) is 63.7 Å². The van der Waals surface area contributed by atoms with Gasteiger partial charge in [-0.3, -0.25) is 38.4 Å². The number of aliphatic carboxylic acids is 3. The van der Waals surface area contributed by atoms with Gasteiger partial charge in [-0.1, -0.05) is 44.2 Å². The van der Waals surface area contributed by atoms with Crippen LogP contribution in [-0.2, 0) is 49.6 Å². The van der Waals surface area contributed by atoms with E-state index < -0.39 is 116 Å². The molecule has 0 heterocycles. The van der Waals surface area contributed by atoms with E-state index >= 15 is 0 Å². The highest BCUT2D eigenvalue weighted by Crippen LogP contribution is 2.06. The van der Waals surface area contributed by atoms with E-state index in [0.717, 1.165) is 0 Å². The van der Waals surface area contributed by atoms with Crippen LogP contribution in [0.5, 0.6) is 0 Å². The summed E-state index contributed by atoms with van der Waals surface area (Å²) in [5.74, 6) is -9.85. The third-order valence-electron chi connectivity index (χ3n) is 6.50. The Hall–Kier alpha value is -5.59. The van der Waals surface area contributed by atoms with Gasteiger partial charge < -0.3 is 53.0 Å². The molecular formula is C29H41N7O12. The molecule has 0 unspecified atom stereocenters. The normalized spacial score (nSPS) is 13.1. The van der Waals surface area contributed by atoms with Gasteiger partial charge in [0.05, 0.1) is 32.1 Å². The first-order chi connectivity index (χ1) is 22.5. The predicted octanol–water partition coefficient (Wildman–Crippen LogP) is -3.56. The van der Waals surface area contributed by atoms with E-state index in [2.05, 4.69) is 31.9 Å². The van der Waals surface area contributed by atoms with E-state index in [0.29, 0.717) is 5.56 Å². The molecular weight excluding hydrogens is 638 g/mol. The van der Waals surface area contributed by atoms with Gasteiger partial charge in [0.25, 0.3) is 0 Å². The zero-order valence-corrected chi connectivity index (χ0v) is 26.3. The minimum absolute atomic E-state index is 0.00833. The number of carboxylic acids is 3. The molecule has 0 aromatic heterocycles. The molecule has 0 bridgehead atoms. The number of hydrogen-bond donors (Lipinski definition) is 10. The number of hydrogen-bond acceptors (Lipinski definition) is 10. The minimum atomic E-state index is -1.68. The van der Waals surface area contributed by atoms with Crippen LogP contribution in [0.3, 0.4) is 0 Å². The molecule has 48 heavy (non-hydrogen) atoms. The molecule has 11 N–H and O–H groups in total. The second kappa shape index (κ2) is 20.5. The highest BCUT2D eigenvalue weighted by atomic mass is 16.4. The maximum atomic E-state index is 12.9. The topological polar surface area (TPSA) is 313 Å². The summed E-state index contributed by atoms with van der Waals surface area (Å²) in [5.41, 5.74) is 6.34. The SMILES string of the molecule is CC(C)[C@H](NC(=O)[C@@H](N)CCC(=O)O)C(=O)N[C@@H](CC(=O)O)C(=O)NCC(=O)NCC(=O)NCC(=O)N[C@@H](Cc1ccccc1)C(=O)O. The molecule has 0 aliphatic rings. The predicted molar refractivity (Wildman–Crippen MR) is 165 cm³/mol. The average Bonchev–Trinajstić information content (AvgIpc) is 3.02. The van der Waals surface area contributed by atoms with Crippen molar-refractivity contribution in [1.29, 1.82) is 0 Å². The van der Waals surface area contributed by atoms with Crippen molar-refractivity contribution >= 4 is 53.4 Å². The highest BCUT2D eigenvalue weighted by Gasteiger charge is 2.31. The Balaban J connectivity index is 2.60. The molecule has 264 valence electrons. The lowest BCUT2D eigenvalue weighted by Crippen LogP contribution is -2.58. The first-order valence-corrected chi connectivity index (χ1v) is 14.7. The van der Waals surface area contributed by atoms with E-state index in [1.165, 1.54) is 0 Å². The Morgan fingerprint density at radius 3 is 1.75 bits per heavy atom. The van der Waals surface area contributed by atoms with Crippen molar-refractivity contribution in [2.24, 2.45) is 11.7 Å². The highest BCUT2D eigenvalue weighted by molar-refractivity contribution is 5.96. The molecule has 1 aromatic rings. The molecule has 0 radical (unpaired) electrons. The Kier molecular flexibility index (Phi) is 17.3. The van der Waals surface area contributed by atoms with Gasteiger partial charge in [-0.05, 0) is 17.9 Å². The molecule has 0 spiro atoms. The van der Waals surface area contributed by atoms with Crippen LogP contribution < -0.4 is 37.6 Å². The number of benzene rings is 1. The lowest BCUT2D eigenvalue weighted by molar-refractivity contribution is -0.142. The third kappa shape index (κ3) is 16.1. The van der Waals surface area contributed by atoms with Crippen LogP contribution in [0.15, 0.2) is 30.3 Å². The van der Waals surface area contributed by atoms with E-state index in [1.54, 1.807) is 44.2 Å². The van der Waals surface area contributed by atoms with Crippen molar-refractivity contribution in [3.63, 3.8) is 0 Å². The molecule has 19 nitrogen and oxygen atoms in total. The molecule has 1 aromatic carbocycles. The van der Waals surface area contributed by atoms with Gasteiger partial charge in [0, 0.05) is 12.8 Å². The smallest absolute Gasteiger partial charge is 0.326 e. The second-order valence-electron chi connectivity index (χ2n) is 10.8. The van der Waals surface area contributed by atoms with Crippen LogP contribution >= 0.6 is 0 Å². The zero-order valence-electron chi connectivity index (χ0n) is 26.3. The first-order valence-electron chi connectivity index (χ1n) is 14.7. The van der Waals surface area contributed by atoms with Crippen molar-refractivity contribution < 1.29 is 58.5 Å². The van der Waals surface area contributed by atoms with Gasteiger partial charge in [-0.2, -0.15) is 0 Å². The van der Waals surface area contributed by atoms with Gasteiger partial charge in [0.1, 0.15) is 18.1 Å². The summed E-state index contributed by atoms with van der Waals surface area (Å²) in [4.78, 5) is 108. The fourth-order valence-corrected chi connectivity index (χ4v) is 3.92. The van der Waals surface area contributed by atoms with Gasteiger partial charge in [0.15, 0.2) is 0 Å². The van der Waals surface area contributed by atoms with Crippen LogP contribution in [0.1, 0.15) is 38.7 Å². The van der Waals surface area contributed by atoms with Crippen LogP contribution in [0.4, 0.5) is 0 Å². The molecule has 6 amide bonds. The maximum Gasteiger partial charge on any atom is 0.326 e. The summed E-state index contributed by atoms with van der Waals surface area (Å²) in [5, 5.41) is 40.7. The van der Waals surface area contributed by atoms with E-state index in [4.69, 9.17) is 10.8 Å². The molecule has 0 aliphatic carbocycles. The van der Waals surface area contributed by atoms with Crippen molar-refractivity contribution in [3.05, 3.63) is 35.9 Å². The largest absolute Gasteiger partial charge is 0.481 e. The molecule has 1 rings (SSSR count). The Morgan fingerprint density at radius 2 is 1.23 bits per heavy atom. The molecule has 0 aliphatic heterocycles. The summed E-state index contributed by atoms with van der Waals surface area (Å²) < 4.78 is 0. The minimum Gasteiger partial charge on any atom is -0.481 e. The molecule has 0 saturated carbocycles. The van der Waals surface area contributed by atoms with Crippen LogP contribution in [0.25, 0.3) is 0 Å². The zero-order chi connectivity index (χ0) is 36.4. The fraction of sp³-hybridized carbons (Fsp3) is 0.483. The number of carbonyl (C=O) groups is 9. The van der Waals surface area contributed by atoms with Gasteiger partial charge in [-0.25, -0.2) is 4.79 Å². The molecule has 4 atom stereocenters. The van der Waals surface area contributed by atoms with Crippen LogP contribution in [0, 0.1) is 5.92 Å². The number of carbonyl (C=O) groups excluding carboxylic acids is 6. The summed E-state index contributed by atoms with van der Waals surface area (Å²) in [7, 11) is 0. The number of rotatable bonds is 21. The number of carboxylic acid groups (broad SMARTS) is 3. The quantitative estimate of drug-likeness (QED) is 0.0602. The van der Waals surface area contributed by atoms with E-state index in [9.17, 15) is 53.4 Å². The molecule has 0 fully saturated rings. The summed E-state index contributed by atoms with van der Waals surface area (Å²) >= 11 is 0. The number of nitrogens with two attached hydrogens (primary N) is 1. The number of amides is 6. The van der Waals surface area contributed by atoms with Gasteiger partial charge >= 0.3 is 17.9 Å². The van der Waals surface area contributed by atoms with Gasteiger partial charge in [0.2, 0.25) is 35.4 Å². The lowest BCUT2D eigenvalue weighted by Gasteiger charge is -2.25. The van der Waals surface area contributed by atoms with Gasteiger partial charge in [-0.15, -0.1) is 0 Å². The van der Waals surface area contributed by atoms with Crippen molar-refractivity contribution in [1.82, 2.24) is 31.9 Å². The van der Waals surface area contributed by atoms with Crippen molar-refractivity contribution in [2.75, 3.05) is 19.6 Å². The summed E-state index contributed by atoms with van der Waals surface area (Å²) in [6, 6.07) is 3.09. The third-order valence-corrected chi connectivity index (χ3v) is 6.50. The number of nitrogens with one attached hydrogen (secondary N) is 6. The second-order valence-corrected chi connectivity index (χ2v) is 10.8.